The van der Waals surface area contributed by atoms with E-state index < -0.39 is 0 Å². The quantitative estimate of drug-likeness (QED) is 0.839. The Balaban J connectivity index is 1.35. The summed E-state index contributed by atoms with van der Waals surface area (Å²) in [6.45, 7) is 6.40. The van der Waals surface area contributed by atoms with Crippen molar-refractivity contribution in [2.45, 2.75) is 69.9 Å². The highest BCUT2D eigenvalue weighted by Gasteiger charge is 2.51. The second-order valence-corrected chi connectivity index (χ2v) is 9.27. The van der Waals surface area contributed by atoms with Crippen LogP contribution < -0.4 is 0 Å². The first-order valence-electron chi connectivity index (χ1n) is 11.5. The highest BCUT2D eigenvalue weighted by Crippen LogP contribution is 2.45. The highest BCUT2D eigenvalue weighted by atomic mass is 16.2. The summed E-state index contributed by atoms with van der Waals surface area (Å²) in [4.78, 5) is 40.9. The van der Waals surface area contributed by atoms with Crippen molar-refractivity contribution < 1.29 is 9.59 Å². The van der Waals surface area contributed by atoms with Crippen LogP contribution in [0.25, 0.3) is 0 Å². The maximum absolute atomic E-state index is 13.3. The van der Waals surface area contributed by atoms with Gasteiger partial charge < -0.3 is 14.8 Å². The molecule has 7 heteroatoms. The number of hydrogen-bond donors (Lipinski definition) is 1. The van der Waals surface area contributed by atoms with Crippen LogP contribution in [0.2, 0.25) is 0 Å². The van der Waals surface area contributed by atoms with Gasteiger partial charge in [0.25, 0.3) is 0 Å². The summed E-state index contributed by atoms with van der Waals surface area (Å²) in [5.74, 6) is 0.802. The van der Waals surface area contributed by atoms with Crippen LogP contribution in [0.5, 0.6) is 0 Å². The van der Waals surface area contributed by atoms with Crippen LogP contribution in [-0.2, 0) is 21.5 Å². The average Bonchev–Trinajstić information content (AvgIpc) is 3.23. The number of fused-ring (bicyclic) bond motifs is 2. The standard InChI is InChI=1S/C22H33N5O2/c1-2-18(25-10-3-4-11-25)21(29)26-13-8-22(9-14-26)19-17(23-15-24-19)7-12-27(22)20(28)16-5-6-16/h15-16,18H,2-14H2,1H3,(H,23,24)/t18-/m0/s1. The lowest BCUT2D eigenvalue weighted by atomic mass is 9.78. The van der Waals surface area contributed by atoms with E-state index in [1.54, 1.807) is 6.33 Å². The van der Waals surface area contributed by atoms with Gasteiger partial charge in [0.15, 0.2) is 0 Å². The first-order valence-corrected chi connectivity index (χ1v) is 11.5. The summed E-state index contributed by atoms with van der Waals surface area (Å²) in [5, 5.41) is 0. The molecule has 0 radical (unpaired) electrons. The Kier molecular flexibility index (Phi) is 4.88. The molecule has 0 bridgehead atoms. The number of rotatable bonds is 4. The topological polar surface area (TPSA) is 72.5 Å². The van der Waals surface area contributed by atoms with Gasteiger partial charge in [-0.3, -0.25) is 14.5 Å². The van der Waals surface area contributed by atoms with Gasteiger partial charge in [-0.2, -0.15) is 0 Å². The van der Waals surface area contributed by atoms with E-state index >= 15 is 0 Å². The van der Waals surface area contributed by atoms with Gasteiger partial charge in [-0.1, -0.05) is 6.92 Å². The third-order valence-corrected chi connectivity index (χ3v) is 7.61. The van der Waals surface area contributed by atoms with Gasteiger partial charge in [0.05, 0.1) is 23.6 Å². The van der Waals surface area contributed by atoms with Crippen LogP contribution in [0.3, 0.4) is 0 Å². The third kappa shape index (κ3) is 3.18. The molecule has 1 aromatic heterocycles. The van der Waals surface area contributed by atoms with Crippen LogP contribution in [0.1, 0.15) is 63.3 Å². The number of likely N-dealkylation sites (tertiary alicyclic amines) is 2. The molecule has 5 rings (SSSR count). The number of carbonyl (C=O) groups is 2. The van der Waals surface area contributed by atoms with E-state index in [0.29, 0.717) is 19.0 Å². The summed E-state index contributed by atoms with van der Waals surface area (Å²) in [7, 11) is 0. The summed E-state index contributed by atoms with van der Waals surface area (Å²) < 4.78 is 0. The number of imidazole rings is 1. The van der Waals surface area contributed by atoms with Gasteiger partial charge in [0, 0.05) is 37.7 Å². The van der Waals surface area contributed by atoms with E-state index in [1.807, 2.05) is 0 Å². The number of aromatic amines is 1. The molecule has 29 heavy (non-hydrogen) atoms. The van der Waals surface area contributed by atoms with Gasteiger partial charge in [0.1, 0.15) is 0 Å². The number of aromatic nitrogens is 2. The van der Waals surface area contributed by atoms with Crippen LogP contribution in [0, 0.1) is 5.92 Å². The number of piperidine rings is 1. The number of carbonyl (C=O) groups excluding carboxylic acids is 2. The van der Waals surface area contributed by atoms with E-state index in [4.69, 9.17) is 0 Å². The molecular formula is C22H33N5O2. The van der Waals surface area contributed by atoms with Gasteiger partial charge in [-0.25, -0.2) is 4.98 Å². The maximum Gasteiger partial charge on any atom is 0.239 e. The summed E-state index contributed by atoms with van der Waals surface area (Å²) >= 11 is 0. The van der Waals surface area contributed by atoms with Crippen molar-refractivity contribution in [3.05, 3.63) is 17.7 Å². The minimum absolute atomic E-state index is 0.0167. The molecule has 2 saturated heterocycles. The van der Waals surface area contributed by atoms with Gasteiger partial charge in [-0.05, 0) is 58.0 Å². The minimum atomic E-state index is -0.334. The smallest absolute Gasteiger partial charge is 0.239 e. The molecule has 0 unspecified atom stereocenters. The lowest BCUT2D eigenvalue weighted by Gasteiger charge is -2.51. The Hall–Kier alpha value is -1.89. The molecular weight excluding hydrogens is 366 g/mol. The van der Waals surface area contributed by atoms with E-state index in [2.05, 4.69) is 31.6 Å². The molecule has 1 N–H and O–H groups in total. The monoisotopic (exact) mass is 399 g/mol. The zero-order chi connectivity index (χ0) is 20.0. The van der Waals surface area contributed by atoms with Crippen molar-refractivity contribution in [2.24, 2.45) is 5.92 Å². The molecule has 2 amide bonds. The van der Waals surface area contributed by atoms with Crippen molar-refractivity contribution in [1.82, 2.24) is 24.7 Å². The summed E-state index contributed by atoms with van der Waals surface area (Å²) in [6.07, 6.45) is 9.54. The second kappa shape index (κ2) is 7.42. The SMILES string of the molecule is CC[C@@H](C(=O)N1CCC2(CC1)c1nc[nH]c1CCN2C(=O)C1CC1)N1CCCC1. The zero-order valence-electron chi connectivity index (χ0n) is 17.5. The Morgan fingerprint density at radius 2 is 1.90 bits per heavy atom. The number of hydrogen-bond acceptors (Lipinski definition) is 4. The molecule has 1 saturated carbocycles. The van der Waals surface area contributed by atoms with Gasteiger partial charge >= 0.3 is 0 Å². The van der Waals surface area contributed by atoms with Crippen molar-refractivity contribution in [3.8, 4) is 0 Å². The highest BCUT2D eigenvalue weighted by molar-refractivity contribution is 5.83. The molecule has 0 aromatic carbocycles. The Morgan fingerprint density at radius 1 is 1.17 bits per heavy atom. The first kappa shape index (κ1) is 19.1. The van der Waals surface area contributed by atoms with E-state index in [9.17, 15) is 9.59 Å². The average molecular weight is 400 g/mol. The number of nitrogens with zero attached hydrogens (tertiary/aromatic N) is 4. The fourth-order valence-electron chi connectivity index (χ4n) is 5.81. The molecule has 3 fully saturated rings. The lowest BCUT2D eigenvalue weighted by Crippen LogP contribution is -2.60. The Bertz CT molecular complexity index is 772. The van der Waals surface area contributed by atoms with E-state index in [-0.39, 0.29) is 23.4 Å². The fourth-order valence-corrected chi connectivity index (χ4v) is 5.81. The molecule has 4 heterocycles. The predicted molar refractivity (Wildman–Crippen MR) is 109 cm³/mol. The number of amides is 2. The van der Waals surface area contributed by atoms with Crippen LogP contribution in [0.4, 0.5) is 0 Å². The number of H-pyrrole nitrogens is 1. The minimum Gasteiger partial charge on any atom is -0.348 e. The fraction of sp³-hybridized carbons (Fsp3) is 0.773. The molecule has 7 nitrogen and oxygen atoms in total. The van der Waals surface area contributed by atoms with Gasteiger partial charge in [-0.15, -0.1) is 0 Å². The van der Waals surface area contributed by atoms with Crippen molar-refractivity contribution in [1.29, 1.82) is 0 Å². The largest absolute Gasteiger partial charge is 0.348 e. The van der Waals surface area contributed by atoms with Crippen molar-refractivity contribution in [2.75, 3.05) is 32.7 Å². The summed E-state index contributed by atoms with van der Waals surface area (Å²) in [5.41, 5.74) is 1.89. The molecule has 1 atom stereocenters. The van der Waals surface area contributed by atoms with Crippen molar-refractivity contribution >= 4 is 11.8 Å². The number of nitrogens with one attached hydrogen (secondary N) is 1. The van der Waals surface area contributed by atoms with Crippen LogP contribution in [-0.4, -0.2) is 75.2 Å². The van der Waals surface area contributed by atoms with E-state index in [0.717, 1.165) is 63.9 Å². The molecule has 1 aliphatic carbocycles. The zero-order valence-corrected chi connectivity index (χ0v) is 17.5. The van der Waals surface area contributed by atoms with Crippen LogP contribution in [0.15, 0.2) is 6.33 Å². The van der Waals surface area contributed by atoms with Crippen LogP contribution >= 0.6 is 0 Å². The lowest BCUT2D eigenvalue weighted by molar-refractivity contribution is -0.147. The third-order valence-electron chi connectivity index (χ3n) is 7.61. The van der Waals surface area contributed by atoms with Gasteiger partial charge in [0.2, 0.25) is 11.8 Å². The molecule has 158 valence electrons. The molecule has 3 aliphatic heterocycles. The summed E-state index contributed by atoms with van der Waals surface area (Å²) in [6, 6.07) is 0.0167. The first-order chi connectivity index (χ1) is 14.1. The molecule has 1 aromatic rings. The normalized spacial score (nSPS) is 25.3. The molecule has 4 aliphatic rings. The Morgan fingerprint density at radius 3 is 2.55 bits per heavy atom. The van der Waals surface area contributed by atoms with E-state index in [1.165, 1.54) is 18.5 Å². The van der Waals surface area contributed by atoms with Crippen molar-refractivity contribution in [3.63, 3.8) is 0 Å². The molecule has 1 spiro atoms. The second-order valence-electron chi connectivity index (χ2n) is 9.27. The Labute approximate surface area is 172 Å². The maximum atomic E-state index is 13.3. The predicted octanol–water partition coefficient (Wildman–Crippen LogP) is 1.90.